The smallest absolute Gasteiger partial charge is 0.415 e. The topological polar surface area (TPSA) is 53.3 Å². The molecule has 0 spiro atoms. The van der Waals surface area contributed by atoms with Gasteiger partial charge in [-0.2, -0.15) is 5.26 Å². The molecule has 1 aliphatic heterocycles. The van der Waals surface area contributed by atoms with Gasteiger partial charge in [0.25, 0.3) is 0 Å². The minimum atomic E-state index is -0.473. The Hall–Kier alpha value is -2.87. The third-order valence-corrected chi connectivity index (χ3v) is 3.34. The van der Waals surface area contributed by atoms with E-state index < -0.39 is 12.2 Å². The van der Waals surface area contributed by atoms with Crippen molar-refractivity contribution in [2.75, 3.05) is 11.4 Å². The highest BCUT2D eigenvalue weighted by Gasteiger charge is 2.33. The summed E-state index contributed by atoms with van der Waals surface area (Å²) >= 11 is 0. The third-order valence-electron chi connectivity index (χ3n) is 3.34. The van der Waals surface area contributed by atoms with Crippen LogP contribution in [0.3, 0.4) is 0 Å². The average Bonchev–Trinajstić information content (AvgIpc) is 2.90. The molecule has 1 amide bonds. The molecule has 0 saturated carbocycles. The molecule has 104 valence electrons. The summed E-state index contributed by atoms with van der Waals surface area (Å²) in [6, 6.07) is 14.7. The van der Waals surface area contributed by atoms with Gasteiger partial charge in [-0.3, -0.25) is 4.90 Å². The van der Waals surface area contributed by atoms with E-state index in [-0.39, 0.29) is 5.82 Å². The number of carbonyl (C=O) groups is 1. The first-order valence-corrected chi connectivity index (χ1v) is 6.41. The summed E-state index contributed by atoms with van der Waals surface area (Å²) < 4.78 is 18.2. The van der Waals surface area contributed by atoms with Crippen molar-refractivity contribution in [1.82, 2.24) is 0 Å². The number of benzene rings is 2. The van der Waals surface area contributed by atoms with E-state index in [1.54, 1.807) is 36.4 Å². The summed E-state index contributed by atoms with van der Waals surface area (Å²) in [7, 11) is 0. The SMILES string of the molecule is N#Cc1cccc(N2CC(c3ccc(F)cc3)OC2=O)c1. The first-order valence-electron chi connectivity index (χ1n) is 6.41. The first kappa shape index (κ1) is 13.1. The van der Waals surface area contributed by atoms with Crippen molar-refractivity contribution in [2.24, 2.45) is 0 Å². The quantitative estimate of drug-likeness (QED) is 0.848. The molecule has 3 rings (SSSR count). The van der Waals surface area contributed by atoms with E-state index >= 15 is 0 Å². The molecule has 1 heterocycles. The predicted molar refractivity (Wildman–Crippen MR) is 74.1 cm³/mol. The zero-order chi connectivity index (χ0) is 14.8. The maximum atomic E-state index is 12.9. The Morgan fingerprint density at radius 1 is 1.24 bits per heavy atom. The molecule has 2 aromatic carbocycles. The van der Waals surface area contributed by atoms with Crippen LogP contribution in [0.1, 0.15) is 17.2 Å². The Labute approximate surface area is 121 Å². The summed E-state index contributed by atoms with van der Waals surface area (Å²) in [5.74, 6) is -0.332. The molecule has 1 atom stereocenters. The number of ether oxygens (including phenoxy) is 1. The highest BCUT2D eigenvalue weighted by molar-refractivity contribution is 5.90. The minimum Gasteiger partial charge on any atom is -0.439 e. The number of amides is 1. The Morgan fingerprint density at radius 2 is 2.00 bits per heavy atom. The van der Waals surface area contributed by atoms with Crippen molar-refractivity contribution in [1.29, 1.82) is 5.26 Å². The standard InChI is InChI=1S/C16H11FN2O2/c17-13-6-4-12(5-7-13)15-10-19(16(20)21-15)14-3-1-2-11(8-14)9-18/h1-8,15H,10H2. The number of rotatable bonds is 2. The normalized spacial score (nSPS) is 17.4. The van der Waals surface area contributed by atoms with Gasteiger partial charge in [0, 0.05) is 5.69 Å². The molecule has 0 N–H and O–H groups in total. The van der Waals surface area contributed by atoms with Crippen LogP contribution in [-0.2, 0) is 4.74 Å². The monoisotopic (exact) mass is 282 g/mol. The van der Waals surface area contributed by atoms with Crippen LogP contribution in [0.15, 0.2) is 48.5 Å². The second-order valence-corrected chi connectivity index (χ2v) is 4.70. The Morgan fingerprint density at radius 3 is 2.71 bits per heavy atom. The summed E-state index contributed by atoms with van der Waals surface area (Å²) in [4.78, 5) is 13.4. The summed E-state index contributed by atoms with van der Waals surface area (Å²) in [5, 5.41) is 8.91. The second-order valence-electron chi connectivity index (χ2n) is 4.70. The van der Waals surface area contributed by atoms with Crippen LogP contribution in [0, 0.1) is 17.1 Å². The molecule has 2 aromatic rings. The van der Waals surface area contributed by atoms with E-state index in [1.165, 1.54) is 17.0 Å². The summed E-state index contributed by atoms with van der Waals surface area (Å²) in [6.07, 6.45) is -0.914. The number of carbonyl (C=O) groups excluding carboxylic acids is 1. The fourth-order valence-electron chi connectivity index (χ4n) is 2.27. The second kappa shape index (κ2) is 5.25. The lowest BCUT2D eigenvalue weighted by molar-refractivity contribution is 0.142. The molecular formula is C16H11FN2O2. The van der Waals surface area contributed by atoms with Crippen molar-refractivity contribution < 1.29 is 13.9 Å². The van der Waals surface area contributed by atoms with Crippen LogP contribution in [0.5, 0.6) is 0 Å². The van der Waals surface area contributed by atoms with Crippen LogP contribution < -0.4 is 4.90 Å². The number of anilines is 1. The maximum Gasteiger partial charge on any atom is 0.415 e. The largest absolute Gasteiger partial charge is 0.439 e. The number of hydrogen-bond donors (Lipinski definition) is 0. The average molecular weight is 282 g/mol. The van der Waals surface area contributed by atoms with Gasteiger partial charge in [-0.1, -0.05) is 18.2 Å². The highest BCUT2D eigenvalue weighted by atomic mass is 19.1. The predicted octanol–water partition coefficient (Wildman–Crippen LogP) is 3.40. The zero-order valence-corrected chi connectivity index (χ0v) is 11.0. The summed E-state index contributed by atoms with van der Waals surface area (Å²) in [5.41, 5.74) is 1.83. The fourth-order valence-corrected chi connectivity index (χ4v) is 2.27. The molecule has 1 aliphatic rings. The minimum absolute atomic E-state index is 0.332. The lowest BCUT2D eigenvalue weighted by Crippen LogP contribution is -2.23. The van der Waals surface area contributed by atoms with Gasteiger partial charge in [-0.25, -0.2) is 9.18 Å². The lowest BCUT2D eigenvalue weighted by atomic mass is 10.1. The van der Waals surface area contributed by atoms with E-state index in [9.17, 15) is 9.18 Å². The van der Waals surface area contributed by atoms with Gasteiger partial charge in [0.1, 0.15) is 11.9 Å². The van der Waals surface area contributed by atoms with Gasteiger partial charge >= 0.3 is 6.09 Å². The maximum absolute atomic E-state index is 12.9. The van der Waals surface area contributed by atoms with E-state index in [2.05, 4.69) is 0 Å². The van der Waals surface area contributed by atoms with Crippen molar-refractivity contribution in [3.63, 3.8) is 0 Å². The van der Waals surface area contributed by atoms with E-state index in [4.69, 9.17) is 10.00 Å². The van der Waals surface area contributed by atoms with Crippen molar-refractivity contribution in [3.05, 3.63) is 65.5 Å². The molecule has 0 aliphatic carbocycles. The number of cyclic esters (lactones) is 1. The third kappa shape index (κ3) is 2.56. The number of nitriles is 1. The van der Waals surface area contributed by atoms with Gasteiger partial charge in [-0.05, 0) is 35.9 Å². The van der Waals surface area contributed by atoms with E-state index in [0.29, 0.717) is 17.8 Å². The fraction of sp³-hybridized carbons (Fsp3) is 0.125. The van der Waals surface area contributed by atoms with E-state index in [0.717, 1.165) is 5.56 Å². The van der Waals surface area contributed by atoms with E-state index in [1.807, 2.05) is 6.07 Å². The van der Waals surface area contributed by atoms with Crippen molar-refractivity contribution in [3.8, 4) is 6.07 Å². The van der Waals surface area contributed by atoms with Crippen LogP contribution >= 0.6 is 0 Å². The molecule has 1 fully saturated rings. The molecule has 1 unspecified atom stereocenters. The zero-order valence-electron chi connectivity index (χ0n) is 11.0. The molecule has 1 saturated heterocycles. The van der Waals surface area contributed by atoms with Gasteiger partial charge in [-0.15, -0.1) is 0 Å². The molecule has 0 aromatic heterocycles. The van der Waals surface area contributed by atoms with Gasteiger partial charge in [0.2, 0.25) is 0 Å². The highest BCUT2D eigenvalue weighted by Crippen LogP contribution is 2.30. The molecule has 5 heteroatoms. The van der Waals surface area contributed by atoms with Crippen LogP contribution in [-0.4, -0.2) is 12.6 Å². The number of nitrogens with zero attached hydrogens (tertiary/aromatic N) is 2. The molecule has 21 heavy (non-hydrogen) atoms. The van der Waals surface area contributed by atoms with Crippen molar-refractivity contribution in [2.45, 2.75) is 6.10 Å². The Bertz CT molecular complexity index is 722. The van der Waals surface area contributed by atoms with Gasteiger partial charge < -0.3 is 4.74 Å². The lowest BCUT2D eigenvalue weighted by Gasteiger charge is -2.13. The van der Waals surface area contributed by atoms with Crippen LogP contribution in [0.4, 0.5) is 14.9 Å². The first-order chi connectivity index (χ1) is 10.2. The molecule has 0 bridgehead atoms. The molecule has 0 radical (unpaired) electrons. The number of halogens is 1. The summed E-state index contributed by atoms with van der Waals surface area (Å²) in [6.45, 7) is 0.333. The van der Waals surface area contributed by atoms with Gasteiger partial charge in [0.15, 0.2) is 0 Å². The molecular weight excluding hydrogens is 271 g/mol. The number of hydrogen-bond acceptors (Lipinski definition) is 3. The van der Waals surface area contributed by atoms with Gasteiger partial charge in [0.05, 0.1) is 18.2 Å². The Balaban J connectivity index is 1.84. The van der Waals surface area contributed by atoms with Crippen molar-refractivity contribution >= 4 is 11.8 Å². The van der Waals surface area contributed by atoms with Crippen LogP contribution in [0.2, 0.25) is 0 Å². The van der Waals surface area contributed by atoms with Crippen LogP contribution in [0.25, 0.3) is 0 Å². The molecule has 4 nitrogen and oxygen atoms in total. The Kier molecular flexibility index (Phi) is 3.28.